The van der Waals surface area contributed by atoms with Crippen molar-refractivity contribution in [3.05, 3.63) is 15.8 Å². The summed E-state index contributed by atoms with van der Waals surface area (Å²) in [6, 6.07) is 0.512. The zero-order chi connectivity index (χ0) is 14.3. The van der Waals surface area contributed by atoms with E-state index in [1.54, 1.807) is 0 Å². The zero-order valence-electron chi connectivity index (χ0n) is 11.8. The van der Waals surface area contributed by atoms with Gasteiger partial charge in [-0.05, 0) is 37.1 Å². The van der Waals surface area contributed by atoms with Crippen molar-refractivity contribution < 1.29 is 14.3 Å². The van der Waals surface area contributed by atoms with Crippen LogP contribution in [0.15, 0.2) is 5.38 Å². The molecule has 2 aliphatic heterocycles. The van der Waals surface area contributed by atoms with Gasteiger partial charge in [-0.1, -0.05) is 0 Å². The fourth-order valence-corrected chi connectivity index (χ4v) is 4.50. The molecule has 0 N–H and O–H groups in total. The number of piperidine rings is 2. The highest BCUT2D eigenvalue weighted by atomic mass is 32.1. The normalized spacial score (nSPS) is 25.7. The molecule has 0 aromatic carbocycles. The van der Waals surface area contributed by atoms with Gasteiger partial charge in [-0.15, -0.1) is 11.3 Å². The molecule has 0 aliphatic carbocycles. The monoisotopic (exact) mass is 293 g/mol. The lowest BCUT2D eigenvalue weighted by Gasteiger charge is -2.47. The third-order valence-corrected chi connectivity index (χ3v) is 5.43. The van der Waals surface area contributed by atoms with E-state index < -0.39 is 0 Å². The van der Waals surface area contributed by atoms with Gasteiger partial charge in [0.05, 0.1) is 12.8 Å². The Morgan fingerprint density at radius 3 is 2.60 bits per heavy atom. The highest BCUT2D eigenvalue weighted by molar-refractivity contribution is 7.12. The molecule has 20 heavy (non-hydrogen) atoms. The van der Waals surface area contributed by atoms with Gasteiger partial charge in [0.2, 0.25) is 0 Å². The maximum Gasteiger partial charge on any atom is 0.350 e. The number of aryl methyl sites for hydroxylation is 1. The summed E-state index contributed by atoms with van der Waals surface area (Å²) in [5.41, 5.74) is 2.12. The van der Waals surface area contributed by atoms with Gasteiger partial charge in [-0.3, -0.25) is 4.79 Å². The van der Waals surface area contributed by atoms with Crippen LogP contribution in [0.1, 0.15) is 47.3 Å². The SMILES string of the molecule is COC(=O)c1scc(C)c1N1C2CCCC1CC(=O)C2. The van der Waals surface area contributed by atoms with Crippen LogP contribution in [0.5, 0.6) is 0 Å². The molecule has 2 atom stereocenters. The van der Waals surface area contributed by atoms with Crippen LogP contribution in [0.4, 0.5) is 5.69 Å². The molecule has 2 unspecified atom stereocenters. The van der Waals surface area contributed by atoms with Crippen LogP contribution in [-0.2, 0) is 9.53 Å². The number of methoxy groups -OCH3 is 1. The summed E-state index contributed by atoms with van der Waals surface area (Å²) in [5, 5.41) is 2.01. The predicted octanol–water partition coefficient (Wildman–Crippen LogP) is 2.93. The molecule has 0 radical (unpaired) electrons. The molecule has 0 spiro atoms. The van der Waals surface area contributed by atoms with Gasteiger partial charge in [-0.2, -0.15) is 0 Å². The number of Topliss-reactive ketones (excluding diaryl/α,β-unsaturated/α-hetero) is 1. The lowest BCUT2D eigenvalue weighted by Crippen LogP contribution is -2.53. The third-order valence-electron chi connectivity index (χ3n) is 4.36. The first kappa shape index (κ1) is 13.6. The quantitative estimate of drug-likeness (QED) is 0.787. The molecule has 2 fully saturated rings. The number of nitrogens with zero attached hydrogens (tertiary/aromatic N) is 1. The number of ether oxygens (including phenoxy) is 1. The Morgan fingerprint density at radius 1 is 1.35 bits per heavy atom. The van der Waals surface area contributed by atoms with Gasteiger partial charge in [0.1, 0.15) is 10.7 Å². The molecule has 2 aliphatic rings. The molecule has 1 aromatic rings. The molecular weight excluding hydrogens is 274 g/mol. The smallest absolute Gasteiger partial charge is 0.350 e. The molecule has 3 heterocycles. The fourth-order valence-electron chi connectivity index (χ4n) is 3.54. The van der Waals surface area contributed by atoms with E-state index in [9.17, 15) is 9.59 Å². The molecule has 3 rings (SSSR count). The van der Waals surface area contributed by atoms with E-state index in [4.69, 9.17) is 4.74 Å². The third kappa shape index (κ3) is 2.14. The first-order valence-electron chi connectivity index (χ1n) is 7.08. The van der Waals surface area contributed by atoms with E-state index in [0.29, 0.717) is 23.5 Å². The first-order chi connectivity index (χ1) is 9.61. The summed E-state index contributed by atoms with van der Waals surface area (Å²) < 4.78 is 4.90. The average Bonchev–Trinajstić information content (AvgIpc) is 2.78. The van der Waals surface area contributed by atoms with E-state index in [-0.39, 0.29) is 18.1 Å². The van der Waals surface area contributed by atoms with Crippen LogP contribution in [0.2, 0.25) is 0 Å². The minimum Gasteiger partial charge on any atom is -0.465 e. The second-order valence-electron chi connectivity index (χ2n) is 5.68. The van der Waals surface area contributed by atoms with Gasteiger partial charge in [0.25, 0.3) is 0 Å². The molecule has 0 amide bonds. The van der Waals surface area contributed by atoms with Crippen LogP contribution in [0, 0.1) is 6.92 Å². The topological polar surface area (TPSA) is 46.6 Å². The molecule has 2 saturated heterocycles. The number of hydrogen-bond donors (Lipinski definition) is 0. The van der Waals surface area contributed by atoms with Gasteiger partial charge < -0.3 is 9.64 Å². The van der Waals surface area contributed by atoms with E-state index >= 15 is 0 Å². The summed E-state index contributed by atoms with van der Waals surface area (Å²) in [7, 11) is 1.42. The molecular formula is C15H19NO3S. The van der Waals surface area contributed by atoms with Crippen molar-refractivity contribution in [2.75, 3.05) is 12.0 Å². The van der Waals surface area contributed by atoms with Crippen molar-refractivity contribution in [1.82, 2.24) is 0 Å². The van der Waals surface area contributed by atoms with Crippen molar-refractivity contribution >= 4 is 28.8 Å². The molecule has 108 valence electrons. The highest BCUT2D eigenvalue weighted by Crippen LogP contribution is 2.41. The number of thiophene rings is 1. The van der Waals surface area contributed by atoms with Crippen LogP contribution in [-0.4, -0.2) is 30.9 Å². The average molecular weight is 293 g/mol. The summed E-state index contributed by atoms with van der Waals surface area (Å²) in [4.78, 5) is 26.8. The van der Waals surface area contributed by atoms with Crippen molar-refractivity contribution in [3.8, 4) is 0 Å². The minimum absolute atomic E-state index is 0.256. The Morgan fingerprint density at radius 2 is 2.00 bits per heavy atom. The second-order valence-corrected chi connectivity index (χ2v) is 6.56. The number of anilines is 1. The van der Waals surface area contributed by atoms with Crippen molar-refractivity contribution in [3.63, 3.8) is 0 Å². The van der Waals surface area contributed by atoms with E-state index in [0.717, 1.165) is 24.1 Å². The molecule has 2 bridgehead atoms. The lowest BCUT2D eigenvalue weighted by molar-refractivity contribution is -0.121. The summed E-state index contributed by atoms with van der Waals surface area (Å²) in [6.07, 6.45) is 4.49. The van der Waals surface area contributed by atoms with Gasteiger partial charge in [0.15, 0.2) is 0 Å². The van der Waals surface area contributed by atoms with Crippen molar-refractivity contribution in [2.45, 2.75) is 51.1 Å². The predicted molar refractivity (Wildman–Crippen MR) is 78.5 cm³/mol. The lowest BCUT2D eigenvalue weighted by atomic mass is 9.83. The number of hydrogen-bond acceptors (Lipinski definition) is 5. The number of fused-ring (bicyclic) bond motifs is 2. The maximum atomic E-state index is 12.0. The molecule has 4 nitrogen and oxygen atoms in total. The number of carbonyl (C=O) groups excluding carboxylic acids is 2. The van der Waals surface area contributed by atoms with E-state index in [1.807, 2.05) is 12.3 Å². The number of esters is 1. The van der Waals surface area contributed by atoms with Crippen LogP contribution < -0.4 is 4.90 Å². The Hall–Kier alpha value is -1.36. The van der Waals surface area contributed by atoms with E-state index in [2.05, 4.69) is 4.90 Å². The number of ketones is 1. The van der Waals surface area contributed by atoms with Crippen LogP contribution in [0.3, 0.4) is 0 Å². The standard InChI is InChI=1S/C15H19NO3S/c1-9-8-20-14(15(18)19-2)13(9)16-10-4-3-5-11(16)7-12(17)6-10/h8,10-11H,3-7H2,1-2H3. The Kier molecular flexibility index (Phi) is 3.54. The van der Waals surface area contributed by atoms with Crippen molar-refractivity contribution in [2.24, 2.45) is 0 Å². The first-order valence-corrected chi connectivity index (χ1v) is 7.96. The molecule has 0 saturated carbocycles. The summed E-state index contributed by atoms with van der Waals surface area (Å²) in [5.74, 6) is 0.0940. The number of carbonyl (C=O) groups is 2. The van der Waals surface area contributed by atoms with Crippen LogP contribution in [0.25, 0.3) is 0 Å². The van der Waals surface area contributed by atoms with Gasteiger partial charge in [-0.25, -0.2) is 4.79 Å². The van der Waals surface area contributed by atoms with Gasteiger partial charge >= 0.3 is 5.97 Å². The summed E-state index contributed by atoms with van der Waals surface area (Å²) >= 11 is 1.44. The minimum atomic E-state index is -0.270. The highest BCUT2D eigenvalue weighted by Gasteiger charge is 2.40. The largest absolute Gasteiger partial charge is 0.465 e. The molecule has 1 aromatic heterocycles. The van der Waals surface area contributed by atoms with Gasteiger partial charge in [0, 0.05) is 24.9 Å². The number of rotatable bonds is 2. The Balaban J connectivity index is 2.02. The van der Waals surface area contributed by atoms with Crippen LogP contribution >= 0.6 is 11.3 Å². The zero-order valence-corrected chi connectivity index (χ0v) is 12.7. The Bertz CT molecular complexity index is 535. The summed E-state index contributed by atoms with van der Waals surface area (Å²) in [6.45, 7) is 2.03. The fraction of sp³-hybridized carbons (Fsp3) is 0.600. The second kappa shape index (κ2) is 5.20. The van der Waals surface area contributed by atoms with Crippen molar-refractivity contribution in [1.29, 1.82) is 0 Å². The molecule has 5 heteroatoms. The maximum absolute atomic E-state index is 12.0. The van der Waals surface area contributed by atoms with E-state index in [1.165, 1.54) is 24.9 Å². The Labute approximate surface area is 122 Å².